The van der Waals surface area contributed by atoms with Crippen LogP contribution < -0.4 is 5.32 Å². The molecule has 2 rings (SSSR count). The van der Waals surface area contributed by atoms with Gasteiger partial charge in [-0.25, -0.2) is 0 Å². The standard InChI is InChI=1S/C15H18N2O.C3H5F3/c1-11-3-4-13(10-16)9-14(11)15(12(2)18)5-7-17-8-6-15;1-2-3(4,5)6/h3-4,9,17H,5-8H2,1-2H3;2H2,1H3. The fraction of sp³-hybridized carbons (Fsp3) is 0.556. The summed E-state index contributed by atoms with van der Waals surface area (Å²) in [4.78, 5) is 12.2. The van der Waals surface area contributed by atoms with Gasteiger partial charge >= 0.3 is 6.18 Å². The Balaban J connectivity index is 0.000000413. The second-order valence-electron chi connectivity index (χ2n) is 6.00. The number of halogens is 3. The topological polar surface area (TPSA) is 52.9 Å². The summed E-state index contributed by atoms with van der Waals surface area (Å²) in [6.07, 6.45) is -3.05. The van der Waals surface area contributed by atoms with Gasteiger partial charge in [0, 0.05) is 6.42 Å². The van der Waals surface area contributed by atoms with E-state index in [-0.39, 0.29) is 5.78 Å². The molecule has 1 saturated heterocycles. The molecule has 1 fully saturated rings. The van der Waals surface area contributed by atoms with Crippen LogP contribution in [0.4, 0.5) is 13.2 Å². The van der Waals surface area contributed by atoms with Crippen molar-refractivity contribution < 1.29 is 18.0 Å². The van der Waals surface area contributed by atoms with Crippen molar-refractivity contribution in [2.45, 2.75) is 51.6 Å². The molecule has 3 nitrogen and oxygen atoms in total. The first-order valence-corrected chi connectivity index (χ1v) is 7.96. The van der Waals surface area contributed by atoms with Gasteiger partial charge in [-0.3, -0.25) is 4.79 Å². The Morgan fingerprint density at radius 1 is 1.33 bits per heavy atom. The van der Waals surface area contributed by atoms with Crippen LogP contribution in [0.1, 0.15) is 49.8 Å². The number of carbonyl (C=O) groups excluding carboxylic acids is 1. The number of nitrogens with one attached hydrogen (secondary N) is 1. The number of Topliss-reactive ketones (excluding diaryl/α,β-unsaturated/α-hetero) is 1. The van der Waals surface area contributed by atoms with Gasteiger partial charge in [0.2, 0.25) is 0 Å². The predicted octanol–water partition coefficient (Wildman–Crippen LogP) is 4.04. The van der Waals surface area contributed by atoms with Gasteiger partial charge in [0.05, 0.1) is 17.0 Å². The zero-order valence-electron chi connectivity index (χ0n) is 14.3. The molecular formula is C18H23F3N2O. The number of carbonyl (C=O) groups is 1. The quantitative estimate of drug-likeness (QED) is 0.884. The van der Waals surface area contributed by atoms with Crippen LogP contribution in [0, 0.1) is 18.3 Å². The van der Waals surface area contributed by atoms with Gasteiger partial charge in [-0.15, -0.1) is 0 Å². The summed E-state index contributed by atoms with van der Waals surface area (Å²) in [5.74, 6) is 0.210. The Kier molecular flexibility index (Phi) is 6.97. The molecule has 0 radical (unpaired) electrons. The smallest absolute Gasteiger partial charge is 0.317 e. The van der Waals surface area contributed by atoms with E-state index in [4.69, 9.17) is 5.26 Å². The van der Waals surface area contributed by atoms with Crippen molar-refractivity contribution in [3.05, 3.63) is 34.9 Å². The van der Waals surface area contributed by atoms with Gasteiger partial charge in [-0.05, 0) is 63.0 Å². The van der Waals surface area contributed by atoms with Gasteiger partial charge < -0.3 is 5.32 Å². The molecule has 0 spiro atoms. The molecule has 1 aromatic carbocycles. The van der Waals surface area contributed by atoms with Crippen LogP contribution in [0.2, 0.25) is 0 Å². The van der Waals surface area contributed by atoms with Crippen LogP contribution in [-0.2, 0) is 10.2 Å². The molecule has 0 atom stereocenters. The number of nitriles is 1. The van der Waals surface area contributed by atoms with E-state index in [1.807, 2.05) is 25.1 Å². The van der Waals surface area contributed by atoms with Crippen molar-refractivity contribution >= 4 is 5.78 Å². The Bertz CT molecular complexity index is 612. The molecular weight excluding hydrogens is 317 g/mol. The summed E-state index contributed by atoms with van der Waals surface area (Å²) >= 11 is 0. The van der Waals surface area contributed by atoms with Gasteiger partial charge in [0.1, 0.15) is 5.78 Å². The number of ketones is 1. The molecule has 132 valence electrons. The zero-order chi connectivity index (χ0) is 18.4. The van der Waals surface area contributed by atoms with Crippen LogP contribution in [0.3, 0.4) is 0 Å². The Labute approximate surface area is 140 Å². The maximum Gasteiger partial charge on any atom is 0.388 e. The molecule has 0 bridgehead atoms. The first-order valence-electron chi connectivity index (χ1n) is 7.96. The fourth-order valence-corrected chi connectivity index (χ4v) is 2.87. The molecule has 0 saturated carbocycles. The average Bonchev–Trinajstić information content (AvgIpc) is 2.55. The molecule has 1 aromatic rings. The molecule has 0 amide bonds. The number of piperidine rings is 1. The van der Waals surface area contributed by atoms with Crippen molar-refractivity contribution in [3.63, 3.8) is 0 Å². The molecule has 6 heteroatoms. The van der Waals surface area contributed by atoms with Crippen molar-refractivity contribution in [3.8, 4) is 6.07 Å². The number of rotatable bonds is 2. The van der Waals surface area contributed by atoms with E-state index in [0.29, 0.717) is 5.56 Å². The van der Waals surface area contributed by atoms with E-state index < -0.39 is 18.0 Å². The lowest BCUT2D eigenvalue weighted by Crippen LogP contribution is -2.45. The normalized spacial score (nSPS) is 16.5. The molecule has 1 heterocycles. The van der Waals surface area contributed by atoms with Crippen LogP contribution in [0.15, 0.2) is 18.2 Å². The number of aryl methyl sites for hydroxylation is 1. The maximum absolute atomic E-state index is 12.2. The van der Waals surface area contributed by atoms with Crippen molar-refractivity contribution in [1.29, 1.82) is 5.26 Å². The third-order valence-corrected chi connectivity index (χ3v) is 4.41. The number of benzene rings is 1. The molecule has 0 aromatic heterocycles. The number of alkyl halides is 3. The highest BCUT2D eigenvalue weighted by atomic mass is 19.4. The summed E-state index contributed by atoms with van der Waals surface area (Å²) in [7, 11) is 0. The monoisotopic (exact) mass is 340 g/mol. The first-order chi connectivity index (χ1) is 11.2. The van der Waals surface area contributed by atoms with E-state index in [9.17, 15) is 18.0 Å². The average molecular weight is 340 g/mol. The lowest BCUT2D eigenvalue weighted by Gasteiger charge is -2.37. The van der Waals surface area contributed by atoms with Crippen LogP contribution in [0.5, 0.6) is 0 Å². The summed E-state index contributed by atoms with van der Waals surface area (Å²) < 4.78 is 32.4. The Hall–Kier alpha value is -1.87. The van der Waals surface area contributed by atoms with Gasteiger partial charge in [0.15, 0.2) is 0 Å². The largest absolute Gasteiger partial charge is 0.388 e. The number of nitrogens with zero attached hydrogens (tertiary/aromatic N) is 1. The lowest BCUT2D eigenvalue weighted by atomic mass is 9.69. The summed E-state index contributed by atoms with van der Waals surface area (Å²) in [6.45, 7) is 6.48. The van der Waals surface area contributed by atoms with E-state index in [1.54, 1.807) is 6.92 Å². The minimum absolute atomic E-state index is 0.210. The zero-order valence-corrected chi connectivity index (χ0v) is 14.3. The molecule has 0 unspecified atom stereocenters. The van der Waals surface area contributed by atoms with E-state index in [0.717, 1.165) is 44.0 Å². The molecule has 1 aliphatic heterocycles. The van der Waals surface area contributed by atoms with Crippen LogP contribution in [0.25, 0.3) is 0 Å². The molecule has 1 N–H and O–H groups in total. The highest BCUT2D eigenvalue weighted by Gasteiger charge is 2.39. The second kappa shape index (κ2) is 8.29. The minimum atomic E-state index is -3.96. The van der Waals surface area contributed by atoms with Crippen molar-refractivity contribution in [1.82, 2.24) is 5.32 Å². The van der Waals surface area contributed by atoms with Gasteiger partial charge in [-0.1, -0.05) is 13.0 Å². The van der Waals surface area contributed by atoms with Crippen molar-refractivity contribution in [2.75, 3.05) is 13.1 Å². The SMILES string of the molecule is CC(=O)C1(c2cc(C#N)ccc2C)CCNCC1.CCC(F)(F)F. The lowest BCUT2D eigenvalue weighted by molar-refractivity contribution is -0.130. The summed E-state index contributed by atoms with van der Waals surface area (Å²) in [6, 6.07) is 7.81. The summed E-state index contributed by atoms with van der Waals surface area (Å²) in [5, 5.41) is 12.3. The van der Waals surface area contributed by atoms with Gasteiger partial charge in [0.25, 0.3) is 0 Å². The molecule has 1 aliphatic rings. The van der Waals surface area contributed by atoms with E-state index >= 15 is 0 Å². The molecule has 0 aliphatic carbocycles. The maximum atomic E-state index is 12.2. The fourth-order valence-electron chi connectivity index (χ4n) is 2.87. The Morgan fingerprint density at radius 2 is 1.88 bits per heavy atom. The first kappa shape index (κ1) is 20.2. The van der Waals surface area contributed by atoms with Crippen LogP contribution >= 0.6 is 0 Å². The summed E-state index contributed by atoms with van der Waals surface area (Å²) in [5.41, 5.74) is 2.37. The predicted molar refractivity (Wildman–Crippen MR) is 86.7 cm³/mol. The van der Waals surface area contributed by atoms with Gasteiger partial charge in [-0.2, -0.15) is 18.4 Å². The highest BCUT2D eigenvalue weighted by molar-refractivity contribution is 5.88. The highest BCUT2D eigenvalue weighted by Crippen LogP contribution is 2.36. The second-order valence-corrected chi connectivity index (χ2v) is 6.00. The number of hydrogen-bond donors (Lipinski definition) is 1. The minimum Gasteiger partial charge on any atom is -0.317 e. The number of hydrogen-bond acceptors (Lipinski definition) is 3. The third kappa shape index (κ3) is 5.07. The van der Waals surface area contributed by atoms with E-state index in [2.05, 4.69) is 11.4 Å². The third-order valence-electron chi connectivity index (χ3n) is 4.41. The van der Waals surface area contributed by atoms with Crippen LogP contribution in [-0.4, -0.2) is 25.0 Å². The molecule has 24 heavy (non-hydrogen) atoms. The van der Waals surface area contributed by atoms with Crippen molar-refractivity contribution in [2.24, 2.45) is 0 Å². The van der Waals surface area contributed by atoms with E-state index in [1.165, 1.54) is 0 Å². The Morgan fingerprint density at radius 3 is 2.29 bits per heavy atom.